The van der Waals surface area contributed by atoms with Crippen molar-refractivity contribution in [1.29, 1.82) is 0 Å². The lowest BCUT2D eigenvalue weighted by molar-refractivity contribution is -0.125. The van der Waals surface area contributed by atoms with E-state index >= 15 is 0 Å². The zero-order valence-electron chi connectivity index (χ0n) is 13.7. The number of para-hydroxylation sites is 2. The second-order valence-electron chi connectivity index (χ2n) is 5.53. The molecule has 24 heavy (non-hydrogen) atoms. The third kappa shape index (κ3) is 4.83. The molecule has 134 valence electrons. The average molecular weight is 375 g/mol. The Morgan fingerprint density at radius 1 is 1.42 bits per heavy atom. The van der Waals surface area contributed by atoms with Gasteiger partial charge in [-0.05, 0) is 25.5 Å². The highest BCUT2D eigenvalue weighted by Gasteiger charge is 2.20. The molecule has 1 aliphatic rings. The van der Waals surface area contributed by atoms with Crippen molar-refractivity contribution >= 4 is 41.8 Å². The lowest BCUT2D eigenvalue weighted by Gasteiger charge is -2.22. The summed E-state index contributed by atoms with van der Waals surface area (Å²) < 4.78 is 7.49. The normalized spacial score (nSPS) is 17.0. The second-order valence-corrected chi connectivity index (χ2v) is 5.53. The maximum absolute atomic E-state index is 12.0. The maximum atomic E-state index is 12.0. The van der Waals surface area contributed by atoms with Crippen molar-refractivity contribution in [1.82, 2.24) is 20.2 Å². The average Bonchev–Trinajstić information content (AvgIpc) is 2.88. The predicted octanol–water partition coefficient (Wildman–Crippen LogP) is 1.68. The van der Waals surface area contributed by atoms with Gasteiger partial charge in [0, 0.05) is 19.6 Å². The molecule has 1 fully saturated rings. The number of imidazole rings is 1. The van der Waals surface area contributed by atoms with Crippen LogP contribution in [0.3, 0.4) is 0 Å². The van der Waals surface area contributed by atoms with Gasteiger partial charge >= 0.3 is 0 Å². The van der Waals surface area contributed by atoms with Crippen molar-refractivity contribution in [2.24, 2.45) is 0 Å². The summed E-state index contributed by atoms with van der Waals surface area (Å²) in [6, 6.07) is 7.91. The van der Waals surface area contributed by atoms with Gasteiger partial charge in [0.15, 0.2) is 0 Å². The summed E-state index contributed by atoms with van der Waals surface area (Å²) in [4.78, 5) is 16.5. The van der Waals surface area contributed by atoms with E-state index in [9.17, 15) is 4.79 Å². The predicted molar refractivity (Wildman–Crippen MR) is 99.2 cm³/mol. The van der Waals surface area contributed by atoms with Gasteiger partial charge in [0.05, 0.1) is 24.2 Å². The van der Waals surface area contributed by atoms with Gasteiger partial charge in [-0.3, -0.25) is 4.79 Å². The maximum Gasteiger partial charge on any atom is 0.239 e. The van der Waals surface area contributed by atoms with E-state index in [1.165, 1.54) is 0 Å². The van der Waals surface area contributed by atoms with Crippen LogP contribution < -0.4 is 10.6 Å². The molecule has 2 heterocycles. The Labute approximate surface area is 154 Å². The summed E-state index contributed by atoms with van der Waals surface area (Å²) in [5, 5.41) is 6.12. The van der Waals surface area contributed by atoms with Gasteiger partial charge in [-0.1, -0.05) is 12.1 Å². The van der Waals surface area contributed by atoms with Gasteiger partial charge in [-0.2, -0.15) is 0 Å². The molecule has 0 saturated carbocycles. The topological polar surface area (TPSA) is 68.2 Å². The van der Waals surface area contributed by atoms with E-state index in [0.29, 0.717) is 19.8 Å². The van der Waals surface area contributed by atoms with Crippen LogP contribution >= 0.6 is 24.8 Å². The SMILES string of the molecule is Cc1nc2ccccc2n1CCCNC(=O)C1COCCN1.Cl.Cl. The van der Waals surface area contributed by atoms with Crippen LogP contribution in [0, 0.1) is 6.92 Å². The lowest BCUT2D eigenvalue weighted by atomic mass is 10.2. The van der Waals surface area contributed by atoms with Gasteiger partial charge in [0.2, 0.25) is 5.91 Å². The molecule has 1 aromatic heterocycles. The molecule has 1 aliphatic heterocycles. The monoisotopic (exact) mass is 374 g/mol. The number of fused-ring (bicyclic) bond motifs is 1. The van der Waals surface area contributed by atoms with E-state index < -0.39 is 0 Å². The van der Waals surface area contributed by atoms with E-state index in [1.807, 2.05) is 25.1 Å². The van der Waals surface area contributed by atoms with Crippen LogP contribution in [0.5, 0.6) is 0 Å². The molecule has 1 saturated heterocycles. The lowest BCUT2D eigenvalue weighted by Crippen LogP contribution is -2.51. The van der Waals surface area contributed by atoms with Crippen molar-refractivity contribution in [3.63, 3.8) is 0 Å². The fourth-order valence-electron chi connectivity index (χ4n) is 2.78. The first-order chi connectivity index (χ1) is 10.8. The number of amides is 1. The highest BCUT2D eigenvalue weighted by atomic mass is 35.5. The number of carbonyl (C=O) groups excluding carboxylic acids is 1. The summed E-state index contributed by atoms with van der Waals surface area (Å²) in [5.41, 5.74) is 2.17. The number of carbonyl (C=O) groups is 1. The standard InChI is InChI=1S/C16H22N4O2.2ClH/c1-12-19-13-5-2-3-6-15(13)20(12)9-4-7-18-16(21)14-11-22-10-8-17-14;;/h2-3,5-6,14,17H,4,7-11H2,1H3,(H,18,21);2*1H. The molecular weight excluding hydrogens is 351 g/mol. The molecule has 0 aliphatic carbocycles. The fourth-order valence-corrected chi connectivity index (χ4v) is 2.78. The third-order valence-corrected chi connectivity index (χ3v) is 3.94. The van der Waals surface area contributed by atoms with Crippen molar-refractivity contribution in [3.8, 4) is 0 Å². The number of aromatic nitrogens is 2. The molecule has 0 bridgehead atoms. The fraction of sp³-hybridized carbons (Fsp3) is 0.500. The molecule has 1 aromatic carbocycles. The van der Waals surface area contributed by atoms with E-state index in [0.717, 1.165) is 36.4 Å². The first-order valence-electron chi connectivity index (χ1n) is 7.76. The Morgan fingerprint density at radius 3 is 2.96 bits per heavy atom. The number of nitrogens with one attached hydrogen (secondary N) is 2. The highest BCUT2D eigenvalue weighted by Crippen LogP contribution is 2.15. The van der Waals surface area contributed by atoms with Gasteiger partial charge in [0.1, 0.15) is 11.9 Å². The minimum Gasteiger partial charge on any atom is -0.378 e. The first kappa shape index (κ1) is 20.7. The zero-order valence-corrected chi connectivity index (χ0v) is 15.3. The van der Waals surface area contributed by atoms with Crippen LogP contribution in [0.1, 0.15) is 12.2 Å². The minimum absolute atomic E-state index is 0. The third-order valence-electron chi connectivity index (χ3n) is 3.94. The molecule has 1 unspecified atom stereocenters. The summed E-state index contributed by atoms with van der Waals surface area (Å²) >= 11 is 0. The van der Waals surface area contributed by atoms with E-state index in [-0.39, 0.29) is 36.8 Å². The summed E-state index contributed by atoms with van der Waals surface area (Å²) in [5.74, 6) is 1.03. The van der Waals surface area contributed by atoms with Crippen molar-refractivity contribution < 1.29 is 9.53 Å². The Kier molecular flexibility index (Phi) is 8.48. The highest BCUT2D eigenvalue weighted by molar-refractivity contribution is 5.85. The molecule has 2 aromatic rings. The number of ether oxygens (including phenoxy) is 1. The van der Waals surface area contributed by atoms with Crippen molar-refractivity contribution in [2.75, 3.05) is 26.3 Å². The summed E-state index contributed by atoms with van der Waals surface area (Å²) in [6.07, 6.45) is 0.876. The van der Waals surface area contributed by atoms with Crippen LogP contribution in [-0.2, 0) is 16.1 Å². The van der Waals surface area contributed by atoms with Gasteiger partial charge in [-0.25, -0.2) is 4.98 Å². The minimum atomic E-state index is -0.218. The largest absolute Gasteiger partial charge is 0.378 e. The Balaban J connectivity index is 0.00000144. The molecule has 2 N–H and O–H groups in total. The number of rotatable bonds is 5. The number of halogens is 2. The molecule has 8 heteroatoms. The Bertz CT molecular complexity index is 657. The summed E-state index contributed by atoms with van der Waals surface area (Å²) in [7, 11) is 0. The molecule has 6 nitrogen and oxygen atoms in total. The molecule has 0 spiro atoms. The number of nitrogens with zero attached hydrogens (tertiary/aromatic N) is 2. The van der Waals surface area contributed by atoms with Crippen molar-refractivity contribution in [3.05, 3.63) is 30.1 Å². The van der Waals surface area contributed by atoms with Crippen LogP contribution in [0.2, 0.25) is 0 Å². The van der Waals surface area contributed by atoms with Crippen LogP contribution in [0.4, 0.5) is 0 Å². The van der Waals surface area contributed by atoms with Crippen LogP contribution in [-0.4, -0.2) is 47.8 Å². The number of hydrogen-bond acceptors (Lipinski definition) is 4. The number of aryl methyl sites for hydroxylation is 2. The molecule has 1 amide bonds. The molecule has 1 atom stereocenters. The number of benzene rings is 1. The van der Waals surface area contributed by atoms with Gasteiger partial charge in [0.25, 0.3) is 0 Å². The molecule has 0 radical (unpaired) electrons. The van der Waals surface area contributed by atoms with Crippen LogP contribution in [0.15, 0.2) is 24.3 Å². The van der Waals surface area contributed by atoms with E-state index in [4.69, 9.17) is 4.74 Å². The van der Waals surface area contributed by atoms with Gasteiger partial charge in [-0.15, -0.1) is 24.8 Å². The van der Waals surface area contributed by atoms with Gasteiger partial charge < -0.3 is 19.9 Å². The number of hydrogen-bond donors (Lipinski definition) is 2. The van der Waals surface area contributed by atoms with E-state index in [1.54, 1.807) is 0 Å². The summed E-state index contributed by atoms with van der Waals surface area (Å²) in [6.45, 7) is 5.39. The Hall–Kier alpha value is -1.34. The van der Waals surface area contributed by atoms with Crippen LogP contribution in [0.25, 0.3) is 11.0 Å². The Morgan fingerprint density at radius 2 is 2.21 bits per heavy atom. The molecular formula is C16H24Cl2N4O2. The van der Waals surface area contributed by atoms with E-state index in [2.05, 4.69) is 26.3 Å². The number of morpholine rings is 1. The molecule has 3 rings (SSSR count). The quantitative estimate of drug-likeness (QED) is 0.781. The van der Waals surface area contributed by atoms with Crippen molar-refractivity contribution in [2.45, 2.75) is 25.9 Å². The smallest absolute Gasteiger partial charge is 0.239 e. The second kappa shape index (κ2) is 9.84. The zero-order chi connectivity index (χ0) is 15.4. The first-order valence-corrected chi connectivity index (χ1v) is 7.76.